The van der Waals surface area contributed by atoms with Crippen LogP contribution < -0.4 is 20.3 Å². The SMILES string of the molecule is CCc1ccc(N2C(=S)N[C@@H]3c4cc(Br)ccc4O[C@@]2(C)[C@@H]3C(=O)Nc2ccc(C)cc2C)cc1. The Balaban J connectivity index is 1.61. The molecule has 180 valence electrons. The normalized spacial score (nSPS) is 22.7. The number of carbonyl (C=O) groups is 1. The molecule has 35 heavy (non-hydrogen) atoms. The molecule has 2 aliphatic heterocycles. The highest BCUT2D eigenvalue weighted by molar-refractivity contribution is 9.10. The second kappa shape index (κ2) is 8.95. The Kier molecular flexibility index (Phi) is 6.09. The topological polar surface area (TPSA) is 53.6 Å². The Morgan fingerprint density at radius 3 is 2.57 bits per heavy atom. The Labute approximate surface area is 220 Å². The molecule has 1 fully saturated rings. The van der Waals surface area contributed by atoms with E-state index in [-0.39, 0.29) is 11.9 Å². The first-order valence-corrected chi connectivity index (χ1v) is 13.0. The summed E-state index contributed by atoms with van der Waals surface area (Å²) in [5.41, 5.74) is 4.94. The van der Waals surface area contributed by atoms with Gasteiger partial charge in [-0.3, -0.25) is 9.69 Å². The van der Waals surface area contributed by atoms with Crippen LogP contribution in [-0.4, -0.2) is 16.7 Å². The summed E-state index contributed by atoms with van der Waals surface area (Å²) in [5.74, 6) is 0.0317. The molecule has 3 atom stereocenters. The van der Waals surface area contributed by atoms with Gasteiger partial charge in [0.15, 0.2) is 10.8 Å². The van der Waals surface area contributed by atoms with Gasteiger partial charge in [-0.15, -0.1) is 0 Å². The number of benzene rings is 3. The highest BCUT2D eigenvalue weighted by Gasteiger charge is 2.59. The number of carbonyl (C=O) groups excluding carboxylic acids is 1. The van der Waals surface area contributed by atoms with Crippen LogP contribution in [0.5, 0.6) is 5.75 Å². The van der Waals surface area contributed by atoms with E-state index in [2.05, 4.69) is 51.7 Å². The van der Waals surface area contributed by atoms with E-state index in [1.54, 1.807) is 0 Å². The van der Waals surface area contributed by atoms with Crippen molar-refractivity contribution in [2.45, 2.75) is 45.9 Å². The van der Waals surface area contributed by atoms with Crippen LogP contribution in [0.1, 0.15) is 42.1 Å². The number of nitrogens with one attached hydrogen (secondary N) is 2. The number of fused-ring (bicyclic) bond motifs is 4. The first-order valence-electron chi connectivity index (χ1n) is 11.8. The number of anilines is 2. The lowest BCUT2D eigenvalue weighted by molar-refractivity contribution is -0.130. The van der Waals surface area contributed by atoms with Gasteiger partial charge in [-0.05, 0) is 86.9 Å². The van der Waals surface area contributed by atoms with Crippen molar-refractivity contribution in [2.75, 3.05) is 10.2 Å². The molecule has 2 aliphatic rings. The van der Waals surface area contributed by atoms with Crippen molar-refractivity contribution in [3.8, 4) is 5.75 Å². The fourth-order valence-corrected chi connectivity index (χ4v) is 5.98. The summed E-state index contributed by atoms with van der Waals surface area (Å²) in [6.45, 7) is 8.13. The summed E-state index contributed by atoms with van der Waals surface area (Å²) in [7, 11) is 0. The lowest BCUT2D eigenvalue weighted by Gasteiger charge is -2.56. The summed E-state index contributed by atoms with van der Waals surface area (Å²) in [4.78, 5) is 15.9. The molecule has 5 rings (SSSR count). The summed E-state index contributed by atoms with van der Waals surface area (Å²) < 4.78 is 7.60. The molecule has 1 saturated heterocycles. The van der Waals surface area contributed by atoms with Crippen LogP contribution in [0.3, 0.4) is 0 Å². The minimum Gasteiger partial charge on any atom is -0.467 e. The molecule has 2 N–H and O–H groups in total. The zero-order valence-electron chi connectivity index (χ0n) is 20.2. The zero-order chi connectivity index (χ0) is 24.9. The van der Waals surface area contributed by atoms with Crippen molar-refractivity contribution in [2.24, 2.45) is 5.92 Å². The van der Waals surface area contributed by atoms with E-state index >= 15 is 0 Å². The third-order valence-electron chi connectivity index (χ3n) is 6.98. The molecule has 1 amide bonds. The van der Waals surface area contributed by atoms with E-state index < -0.39 is 11.6 Å². The lowest BCUT2D eigenvalue weighted by Crippen LogP contribution is -2.72. The van der Waals surface area contributed by atoms with Gasteiger partial charge in [-0.25, -0.2) is 0 Å². The third kappa shape index (κ3) is 4.10. The summed E-state index contributed by atoms with van der Waals surface area (Å²) in [5, 5.41) is 7.17. The van der Waals surface area contributed by atoms with Gasteiger partial charge in [-0.2, -0.15) is 0 Å². The second-order valence-corrected chi connectivity index (χ2v) is 10.7. The molecule has 0 radical (unpaired) electrons. The molecule has 0 saturated carbocycles. The molecule has 0 aromatic heterocycles. The number of hydrogen-bond acceptors (Lipinski definition) is 3. The van der Waals surface area contributed by atoms with Crippen molar-refractivity contribution in [3.05, 3.63) is 87.4 Å². The standard InChI is InChI=1S/C28H28BrN3O2S/c1-5-18-7-10-20(11-8-18)32-27(35)31-25-21-15-19(29)9-13-23(21)34-28(32,4)24(25)26(33)30-22-12-6-16(2)14-17(22)3/h6-15,24-25H,5H2,1-4H3,(H,30,33)(H,31,35)/t24-,25+,28-/m0/s1. The van der Waals surface area contributed by atoms with Crippen LogP contribution in [0.15, 0.2) is 65.1 Å². The minimum atomic E-state index is -1.04. The average molecular weight is 551 g/mol. The monoisotopic (exact) mass is 549 g/mol. The quantitative estimate of drug-likeness (QED) is 0.367. The molecule has 3 aromatic carbocycles. The maximum atomic E-state index is 14.0. The summed E-state index contributed by atoms with van der Waals surface area (Å²) in [6, 6.07) is 19.8. The maximum Gasteiger partial charge on any atom is 0.236 e. The highest BCUT2D eigenvalue weighted by atomic mass is 79.9. The largest absolute Gasteiger partial charge is 0.467 e. The Bertz CT molecular complexity index is 1330. The van der Waals surface area contributed by atoms with E-state index in [9.17, 15) is 4.79 Å². The number of nitrogens with zero attached hydrogens (tertiary/aromatic N) is 1. The van der Waals surface area contributed by atoms with E-state index in [0.29, 0.717) is 5.11 Å². The summed E-state index contributed by atoms with van der Waals surface area (Å²) >= 11 is 9.42. The predicted molar refractivity (Wildman–Crippen MR) is 148 cm³/mol. The van der Waals surface area contributed by atoms with Crippen LogP contribution >= 0.6 is 28.1 Å². The van der Waals surface area contributed by atoms with Crippen molar-refractivity contribution >= 4 is 50.5 Å². The molecule has 2 bridgehead atoms. The van der Waals surface area contributed by atoms with E-state index in [1.165, 1.54) is 5.56 Å². The number of ether oxygens (including phenoxy) is 1. The Hall–Kier alpha value is -2.90. The van der Waals surface area contributed by atoms with Gasteiger partial charge in [0.2, 0.25) is 5.91 Å². The highest BCUT2D eigenvalue weighted by Crippen LogP contribution is 2.50. The van der Waals surface area contributed by atoms with Crippen LogP contribution in [-0.2, 0) is 11.2 Å². The van der Waals surface area contributed by atoms with Gasteiger partial charge in [0.1, 0.15) is 11.7 Å². The smallest absolute Gasteiger partial charge is 0.236 e. The molecule has 0 unspecified atom stereocenters. The van der Waals surface area contributed by atoms with Crippen molar-refractivity contribution in [1.29, 1.82) is 0 Å². The molecule has 3 aromatic rings. The van der Waals surface area contributed by atoms with Crippen LogP contribution in [0, 0.1) is 19.8 Å². The van der Waals surface area contributed by atoms with Crippen molar-refractivity contribution in [1.82, 2.24) is 5.32 Å². The molecule has 0 spiro atoms. The van der Waals surface area contributed by atoms with E-state index in [0.717, 1.165) is 44.7 Å². The number of halogens is 1. The first kappa shape index (κ1) is 23.8. The number of rotatable bonds is 4. The molecule has 5 nitrogen and oxygen atoms in total. The Morgan fingerprint density at radius 1 is 1.14 bits per heavy atom. The number of thiocarbonyl (C=S) groups is 1. The lowest BCUT2D eigenvalue weighted by atomic mass is 9.78. The average Bonchev–Trinajstić information content (AvgIpc) is 2.81. The molecule has 2 heterocycles. The van der Waals surface area contributed by atoms with Gasteiger partial charge < -0.3 is 15.4 Å². The zero-order valence-corrected chi connectivity index (χ0v) is 22.6. The number of amides is 1. The Morgan fingerprint density at radius 2 is 1.89 bits per heavy atom. The van der Waals surface area contributed by atoms with Gasteiger partial charge >= 0.3 is 0 Å². The van der Waals surface area contributed by atoms with Crippen LogP contribution in [0.2, 0.25) is 0 Å². The fourth-order valence-electron chi connectivity index (χ4n) is 5.19. The third-order valence-corrected chi connectivity index (χ3v) is 7.78. The number of hydrogen-bond donors (Lipinski definition) is 2. The van der Waals surface area contributed by atoms with Crippen molar-refractivity contribution in [3.63, 3.8) is 0 Å². The van der Waals surface area contributed by atoms with Gasteiger partial charge in [0.05, 0.1) is 6.04 Å². The van der Waals surface area contributed by atoms with E-state index in [4.69, 9.17) is 17.0 Å². The molecule has 7 heteroatoms. The molecule has 0 aliphatic carbocycles. The van der Waals surface area contributed by atoms with Gasteiger partial charge in [0, 0.05) is 21.4 Å². The van der Waals surface area contributed by atoms with Crippen LogP contribution in [0.25, 0.3) is 0 Å². The maximum absolute atomic E-state index is 14.0. The van der Waals surface area contributed by atoms with Crippen LogP contribution in [0.4, 0.5) is 11.4 Å². The first-order chi connectivity index (χ1) is 16.7. The van der Waals surface area contributed by atoms with E-state index in [1.807, 2.05) is 68.1 Å². The number of aryl methyl sites for hydroxylation is 3. The van der Waals surface area contributed by atoms with Gasteiger partial charge in [0.25, 0.3) is 0 Å². The second-order valence-electron chi connectivity index (χ2n) is 9.41. The van der Waals surface area contributed by atoms with Crippen molar-refractivity contribution < 1.29 is 9.53 Å². The fraction of sp³-hybridized carbons (Fsp3) is 0.286. The molecular formula is C28H28BrN3O2S. The predicted octanol–water partition coefficient (Wildman–Crippen LogP) is 6.43. The van der Waals surface area contributed by atoms with Gasteiger partial charge in [-0.1, -0.05) is 52.7 Å². The molecular weight excluding hydrogens is 522 g/mol. The minimum absolute atomic E-state index is 0.125. The summed E-state index contributed by atoms with van der Waals surface area (Å²) in [6.07, 6.45) is 0.946.